The van der Waals surface area contributed by atoms with Crippen LogP contribution in [0.2, 0.25) is 0 Å². The van der Waals surface area contributed by atoms with Crippen LogP contribution >= 0.6 is 0 Å². The Bertz CT molecular complexity index is 696. The fraction of sp³-hybridized carbons (Fsp3) is 0.300. The van der Waals surface area contributed by atoms with Gasteiger partial charge in [-0.1, -0.05) is 54.1 Å². The van der Waals surface area contributed by atoms with Gasteiger partial charge in [-0.25, -0.2) is 0 Å². The lowest BCUT2D eigenvalue weighted by molar-refractivity contribution is 0.607. The van der Waals surface area contributed by atoms with Crippen molar-refractivity contribution in [2.24, 2.45) is 0 Å². The van der Waals surface area contributed by atoms with Crippen LogP contribution in [-0.2, 0) is 6.54 Å². The number of nitrogens with one attached hydrogen (secondary N) is 2. The number of rotatable bonds is 0. The van der Waals surface area contributed by atoms with E-state index in [-0.39, 0.29) is 0 Å². The summed E-state index contributed by atoms with van der Waals surface area (Å²) in [5, 5.41) is 7.13. The minimum Gasteiger partial charge on any atom is -0.383 e. The van der Waals surface area contributed by atoms with Gasteiger partial charge in [-0.05, 0) is 42.6 Å². The maximum absolute atomic E-state index is 3.66. The molecule has 0 unspecified atom stereocenters. The van der Waals surface area contributed by atoms with E-state index in [1.54, 1.807) is 5.57 Å². The number of benzene rings is 1. The first-order valence-corrected chi connectivity index (χ1v) is 8.25. The summed E-state index contributed by atoms with van der Waals surface area (Å²) in [6.07, 6.45) is 12.2. The predicted molar refractivity (Wildman–Crippen MR) is 92.2 cm³/mol. The first-order valence-electron chi connectivity index (χ1n) is 8.25. The second-order valence-corrected chi connectivity index (χ2v) is 6.12. The van der Waals surface area contributed by atoms with Gasteiger partial charge in [0.05, 0.1) is 0 Å². The highest BCUT2D eigenvalue weighted by Crippen LogP contribution is 2.37. The van der Waals surface area contributed by atoms with Crippen molar-refractivity contribution >= 4 is 5.57 Å². The highest BCUT2D eigenvalue weighted by Gasteiger charge is 2.22. The van der Waals surface area contributed by atoms with Crippen molar-refractivity contribution in [2.45, 2.75) is 25.8 Å². The second kappa shape index (κ2) is 5.98. The largest absolute Gasteiger partial charge is 0.383 e. The van der Waals surface area contributed by atoms with E-state index in [0.717, 1.165) is 38.9 Å². The van der Waals surface area contributed by atoms with Crippen molar-refractivity contribution in [2.75, 3.05) is 13.1 Å². The summed E-state index contributed by atoms with van der Waals surface area (Å²) in [6.45, 7) is 3.14. The third-order valence-corrected chi connectivity index (χ3v) is 4.77. The maximum atomic E-state index is 3.66. The Morgan fingerprint density at radius 3 is 2.73 bits per heavy atom. The molecular weight excluding hydrogens is 268 g/mol. The van der Waals surface area contributed by atoms with Crippen molar-refractivity contribution in [1.82, 2.24) is 10.6 Å². The Labute approximate surface area is 132 Å². The molecule has 4 rings (SSSR count). The number of hydrogen-bond acceptors (Lipinski definition) is 2. The molecule has 0 aromatic heterocycles. The van der Waals surface area contributed by atoms with E-state index in [1.165, 1.54) is 28.0 Å². The lowest BCUT2D eigenvalue weighted by atomic mass is 9.83. The zero-order valence-electron chi connectivity index (χ0n) is 12.9. The van der Waals surface area contributed by atoms with Crippen LogP contribution in [0.3, 0.4) is 0 Å². The lowest BCUT2D eigenvalue weighted by Gasteiger charge is -2.29. The van der Waals surface area contributed by atoms with Crippen LogP contribution in [-0.4, -0.2) is 13.1 Å². The quantitative estimate of drug-likeness (QED) is 0.761. The number of hydrogen-bond donors (Lipinski definition) is 2. The van der Waals surface area contributed by atoms with Crippen molar-refractivity contribution in [3.63, 3.8) is 0 Å². The van der Waals surface area contributed by atoms with Gasteiger partial charge in [-0.2, -0.15) is 0 Å². The van der Waals surface area contributed by atoms with Crippen molar-refractivity contribution in [1.29, 1.82) is 0 Å². The first-order chi connectivity index (χ1) is 10.9. The van der Waals surface area contributed by atoms with Gasteiger partial charge in [0.1, 0.15) is 0 Å². The topological polar surface area (TPSA) is 24.1 Å². The van der Waals surface area contributed by atoms with Crippen LogP contribution in [0.15, 0.2) is 65.4 Å². The molecule has 112 valence electrons. The molecule has 2 N–H and O–H groups in total. The summed E-state index contributed by atoms with van der Waals surface area (Å²) in [5.74, 6) is 0. The Morgan fingerprint density at radius 1 is 0.955 bits per heavy atom. The van der Waals surface area contributed by atoms with Gasteiger partial charge in [-0.15, -0.1) is 0 Å². The summed E-state index contributed by atoms with van der Waals surface area (Å²) in [6, 6.07) is 8.83. The molecule has 1 saturated heterocycles. The molecule has 22 heavy (non-hydrogen) atoms. The van der Waals surface area contributed by atoms with Gasteiger partial charge in [-0.3, -0.25) is 0 Å². The van der Waals surface area contributed by atoms with Gasteiger partial charge >= 0.3 is 0 Å². The zero-order chi connectivity index (χ0) is 14.8. The minimum absolute atomic E-state index is 0.941. The summed E-state index contributed by atoms with van der Waals surface area (Å²) in [5.41, 5.74) is 8.67. The predicted octanol–water partition coefficient (Wildman–Crippen LogP) is 3.70. The first kappa shape index (κ1) is 13.6. The monoisotopic (exact) mass is 290 g/mol. The molecule has 1 aromatic rings. The van der Waals surface area contributed by atoms with Crippen molar-refractivity contribution < 1.29 is 0 Å². The van der Waals surface area contributed by atoms with Crippen molar-refractivity contribution in [3.05, 3.63) is 76.5 Å². The van der Waals surface area contributed by atoms with E-state index in [1.807, 2.05) is 0 Å². The molecule has 0 radical (unpaired) electrons. The molecule has 2 nitrogen and oxygen atoms in total. The highest BCUT2D eigenvalue weighted by atomic mass is 14.9. The molecule has 1 aromatic carbocycles. The maximum Gasteiger partial charge on any atom is 0.0404 e. The van der Waals surface area contributed by atoms with E-state index in [2.05, 4.69) is 59.2 Å². The van der Waals surface area contributed by atoms with Crippen LogP contribution < -0.4 is 10.6 Å². The van der Waals surface area contributed by atoms with E-state index < -0.39 is 0 Å². The van der Waals surface area contributed by atoms with Gasteiger partial charge in [0.25, 0.3) is 0 Å². The van der Waals surface area contributed by atoms with Gasteiger partial charge in [0, 0.05) is 24.2 Å². The Kier molecular flexibility index (Phi) is 3.69. The summed E-state index contributed by atoms with van der Waals surface area (Å²) in [7, 11) is 0. The van der Waals surface area contributed by atoms with E-state index >= 15 is 0 Å². The normalized spacial score (nSPS) is 23.8. The minimum atomic E-state index is 0.941. The zero-order valence-corrected chi connectivity index (χ0v) is 12.9. The molecular formula is C20H22N2. The summed E-state index contributed by atoms with van der Waals surface area (Å²) < 4.78 is 0. The second-order valence-electron chi connectivity index (χ2n) is 6.12. The van der Waals surface area contributed by atoms with Crippen molar-refractivity contribution in [3.8, 4) is 0 Å². The SMILES string of the molecule is C1=C\CC2=C(C(=C3CCNCC3)\C=C/1)c1ccccc1CN2. The molecule has 2 aliphatic heterocycles. The van der Waals surface area contributed by atoms with Crippen LogP contribution in [0.1, 0.15) is 30.4 Å². The van der Waals surface area contributed by atoms with Crippen LogP contribution in [0.5, 0.6) is 0 Å². The fourth-order valence-electron chi connectivity index (χ4n) is 3.65. The molecule has 2 heteroatoms. The Morgan fingerprint density at radius 2 is 1.82 bits per heavy atom. The number of fused-ring (bicyclic) bond motifs is 2. The molecule has 1 aliphatic carbocycles. The molecule has 0 amide bonds. The van der Waals surface area contributed by atoms with Gasteiger partial charge in [0.15, 0.2) is 0 Å². The molecule has 0 bridgehead atoms. The molecule has 2 heterocycles. The average Bonchev–Trinajstić information content (AvgIpc) is 2.56. The van der Waals surface area contributed by atoms with Gasteiger partial charge < -0.3 is 10.6 Å². The number of piperidine rings is 1. The highest BCUT2D eigenvalue weighted by molar-refractivity contribution is 5.87. The third kappa shape index (κ3) is 2.44. The summed E-state index contributed by atoms with van der Waals surface area (Å²) >= 11 is 0. The Balaban J connectivity index is 1.92. The van der Waals surface area contributed by atoms with Gasteiger partial charge in [0.2, 0.25) is 0 Å². The van der Waals surface area contributed by atoms with Crippen LogP contribution in [0.4, 0.5) is 0 Å². The summed E-state index contributed by atoms with van der Waals surface area (Å²) in [4.78, 5) is 0. The smallest absolute Gasteiger partial charge is 0.0404 e. The lowest BCUT2D eigenvalue weighted by Crippen LogP contribution is -2.25. The van der Waals surface area contributed by atoms with Crippen LogP contribution in [0, 0.1) is 0 Å². The van der Waals surface area contributed by atoms with E-state index in [4.69, 9.17) is 0 Å². The Hall–Kier alpha value is -2.06. The molecule has 0 spiro atoms. The van der Waals surface area contributed by atoms with Crippen LogP contribution in [0.25, 0.3) is 5.57 Å². The molecule has 1 fully saturated rings. The average molecular weight is 290 g/mol. The fourth-order valence-corrected chi connectivity index (χ4v) is 3.65. The third-order valence-electron chi connectivity index (χ3n) is 4.77. The number of allylic oxidation sites excluding steroid dienone is 6. The molecule has 0 saturated carbocycles. The molecule has 0 atom stereocenters. The van der Waals surface area contributed by atoms with E-state index in [9.17, 15) is 0 Å². The molecule has 3 aliphatic rings. The van der Waals surface area contributed by atoms with E-state index in [0.29, 0.717) is 0 Å². The standard InChI is InChI=1S/C20H22N2/c1-2-7-17(15-10-12-21-13-11-15)20-18-8-5-4-6-16(18)14-22-19(20)9-3-1/h1-8,21-22H,9-14H2/b3-1-,7-2-.